The first-order valence-corrected chi connectivity index (χ1v) is 21.5. The van der Waals surface area contributed by atoms with E-state index in [1.807, 2.05) is 0 Å². The van der Waals surface area contributed by atoms with Crippen molar-refractivity contribution in [3.05, 3.63) is 12.2 Å². The molecule has 48 heavy (non-hydrogen) atoms. The summed E-state index contributed by atoms with van der Waals surface area (Å²) in [4.78, 5) is 42.7. The van der Waals surface area contributed by atoms with Gasteiger partial charge in [-0.05, 0) is 38.5 Å². The molecule has 0 saturated heterocycles. The molecule has 0 radical (unpaired) electrons. The standard InChI is InChI=1S/C39H75O8P/c1-3-5-7-9-11-13-15-17-19-21-23-25-27-29-31-33-38(40)45-35-37(36-46-48(42,43)44)47-39(41)34-32-30-28-26-24-22-20-18-16-14-12-10-8-6-4-2/h18,20,37H,3-17,19,21-36H2,1-2H3,(H2,42,43,44)/b20-18+. The van der Waals surface area contributed by atoms with Gasteiger partial charge in [-0.1, -0.05) is 167 Å². The zero-order chi connectivity index (χ0) is 35.4. The second-order valence-electron chi connectivity index (χ2n) is 13.6. The van der Waals surface area contributed by atoms with Crippen molar-refractivity contribution >= 4 is 19.8 Å². The molecule has 0 saturated carbocycles. The van der Waals surface area contributed by atoms with Gasteiger partial charge in [-0.15, -0.1) is 0 Å². The zero-order valence-electron chi connectivity index (χ0n) is 31.2. The lowest BCUT2D eigenvalue weighted by Gasteiger charge is -2.18. The molecule has 0 aromatic heterocycles. The average molecular weight is 703 g/mol. The second-order valence-corrected chi connectivity index (χ2v) is 14.9. The third-order valence-electron chi connectivity index (χ3n) is 8.78. The van der Waals surface area contributed by atoms with Crippen molar-refractivity contribution in [1.29, 1.82) is 0 Å². The zero-order valence-corrected chi connectivity index (χ0v) is 32.0. The number of carbonyl (C=O) groups excluding carboxylic acids is 2. The number of hydrogen-bond donors (Lipinski definition) is 2. The van der Waals surface area contributed by atoms with E-state index in [2.05, 4.69) is 30.5 Å². The number of esters is 2. The van der Waals surface area contributed by atoms with Gasteiger partial charge in [-0.3, -0.25) is 14.1 Å². The Kier molecular flexibility index (Phi) is 34.7. The van der Waals surface area contributed by atoms with Gasteiger partial charge in [-0.2, -0.15) is 0 Å². The van der Waals surface area contributed by atoms with E-state index in [1.165, 1.54) is 122 Å². The van der Waals surface area contributed by atoms with Crippen LogP contribution < -0.4 is 0 Å². The van der Waals surface area contributed by atoms with E-state index in [0.29, 0.717) is 6.42 Å². The molecule has 0 aromatic rings. The van der Waals surface area contributed by atoms with Gasteiger partial charge in [-0.25, -0.2) is 4.57 Å². The Labute approximate surface area is 295 Å². The maximum atomic E-state index is 12.4. The van der Waals surface area contributed by atoms with Gasteiger partial charge >= 0.3 is 19.8 Å². The summed E-state index contributed by atoms with van der Waals surface area (Å²) in [7, 11) is -4.75. The minimum absolute atomic E-state index is 0.206. The van der Waals surface area contributed by atoms with Crippen molar-refractivity contribution in [3.8, 4) is 0 Å². The van der Waals surface area contributed by atoms with Crippen LogP contribution in [0.5, 0.6) is 0 Å². The van der Waals surface area contributed by atoms with E-state index >= 15 is 0 Å². The number of hydrogen-bond acceptors (Lipinski definition) is 6. The van der Waals surface area contributed by atoms with Crippen LogP contribution in [0.2, 0.25) is 0 Å². The largest absolute Gasteiger partial charge is 0.469 e. The summed E-state index contributed by atoms with van der Waals surface area (Å²) < 4.78 is 26.3. The van der Waals surface area contributed by atoms with Gasteiger partial charge in [0, 0.05) is 12.8 Å². The summed E-state index contributed by atoms with van der Waals surface area (Å²) >= 11 is 0. The fourth-order valence-corrected chi connectivity index (χ4v) is 6.14. The number of phosphoric ester groups is 1. The van der Waals surface area contributed by atoms with E-state index in [1.54, 1.807) is 0 Å². The monoisotopic (exact) mass is 703 g/mol. The molecule has 9 heteroatoms. The van der Waals surface area contributed by atoms with Crippen LogP contribution in [0.4, 0.5) is 0 Å². The fraction of sp³-hybridized carbons (Fsp3) is 0.897. The Hall–Kier alpha value is -1.21. The highest BCUT2D eigenvalue weighted by atomic mass is 31.2. The maximum Gasteiger partial charge on any atom is 0.469 e. The van der Waals surface area contributed by atoms with Crippen LogP contribution in [0, 0.1) is 0 Å². The molecular weight excluding hydrogens is 627 g/mol. The molecule has 0 amide bonds. The van der Waals surface area contributed by atoms with E-state index in [4.69, 9.17) is 19.3 Å². The lowest BCUT2D eigenvalue weighted by molar-refractivity contribution is -0.161. The van der Waals surface area contributed by atoms with Gasteiger partial charge in [0.25, 0.3) is 0 Å². The molecule has 284 valence electrons. The van der Waals surface area contributed by atoms with E-state index in [0.717, 1.165) is 51.4 Å². The molecule has 0 aliphatic carbocycles. The number of ether oxygens (including phenoxy) is 2. The normalized spacial score (nSPS) is 12.5. The highest BCUT2D eigenvalue weighted by molar-refractivity contribution is 7.46. The van der Waals surface area contributed by atoms with Gasteiger partial charge in [0.2, 0.25) is 0 Å². The van der Waals surface area contributed by atoms with Crippen LogP contribution in [-0.2, 0) is 28.2 Å². The summed E-state index contributed by atoms with van der Waals surface area (Å²) in [5.41, 5.74) is 0. The summed E-state index contributed by atoms with van der Waals surface area (Å²) in [5, 5.41) is 0. The molecule has 0 fully saturated rings. The molecule has 0 bridgehead atoms. The predicted molar refractivity (Wildman–Crippen MR) is 198 cm³/mol. The predicted octanol–water partition coefficient (Wildman–Crippen LogP) is 11.8. The van der Waals surface area contributed by atoms with Crippen LogP contribution in [0.25, 0.3) is 0 Å². The van der Waals surface area contributed by atoms with E-state index in [-0.39, 0.29) is 19.4 Å². The molecule has 8 nitrogen and oxygen atoms in total. The van der Waals surface area contributed by atoms with Crippen molar-refractivity contribution in [1.82, 2.24) is 0 Å². The van der Waals surface area contributed by atoms with Crippen LogP contribution >= 0.6 is 7.82 Å². The van der Waals surface area contributed by atoms with E-state index < -0.39 is 32.5 Å². The highest BCUT2D eigenvalue weighted by Gasteiger charge is 2.22. The van der Waals surface area contributed by atoms with Crippen molar-refractivity contribution in [3.63, 3.8) is 0 Å². The molecule has 1 atom stereocenters. The summed E-state index contributed by atoms with van der Waals surface area (Å²) in [6.07, 6.45) is 37.8. The maximum absolute atomic E-state index is 12.4. The van der Waals surface area contributed by atoms with Gasteiger partial charge < -0.3 is 19.3 Å². The molecule has 1 unspecified atom stereocenters. The lowest BCUT2D eigenvalue weighted by Crippen LogP contribution is -2.29. The number of carbonyl (C=O) groups is 2. The molecule has 2 N–H and O–H groups in total. The van der Waals surface area contributed by atoms with Crippen LogP contribution in [-0.4, -0.2) is 41.0 Å². The van der Waals surface area contributed by atoms with E-state index in [9.17, 15) is 14.2 Å². The van der Waals surface area contributed by atoms with Crippen LogP contribution in [0.1, 0.15) is 206 Å². The second kappa shape index (κ2) is 35.6. The molecule has 0 aliphatic rings. The first-order chi connectivity index (χ1) is 23.3. The lowest BCUT2D eigenvalue weighted by atomic mass is 10.0. The molecule has 0 rings (SSSR count). The van der Waals surface area contributed by atoms with Crippen LogP contribution in [0.3, 0.4) is 0 Å². The molecule has 0 spiro atoms. The Morgan fingerprint density at radius 3 is 1.27 bits per heavy atom. The summed E-state index contributed by atoms with van der Waals surface area (Å²) in [6, 6.07) is 0. The third kappa shape index (κ3) is 37.6. The van der Waals surface area contributed by atoms with Crippen molar-refractivity contribution in [2.75, 3.05) is 13.2 Å². The molecule has 0 heterocycles. The molecular formula is C39H75O8P. The first-order valence-electron chi connectivity index (χ1n) is 20.0. The fourth-order valence-electron chi connectivity index (χ4n) is 5.78. The Balaban J connectivity index is 3.92. The number of unbranched alkanes of at least 4 members (excludes halogenated alkanes) is 25. The van der Waals surface area contributed by atoms with Gasteiger partial charge in [0.15, 0.2) is 6.10 Å². The van der Waals surface area contributed by atoms with Crippen molar-refractivity contribution < 1.29 is 37.9 Å². The first kappa shape index (κ1) is 46.8. The van der Waals surface area contributed by atoms with Crippen molar-refractivity contribution in [2.24, 2.45) is 0 Å². The minimum Gasteiger partial charge on any atom is -0.462 e. The minimum atomic E-state index is -4.75. The van der Waals surface area contributed by atoms with Gasteiger partial charge in [0.1, 0.15) is 6.61 Å². The topological polar surface area (TPSA) is 119 Å². The summed E-state index contributed by atoms with van der Waals surface area (Å²) in [6.45, 7) is 3.68. The number of phosphoric acid groups is 1. The average Bonchev–Trinajstić information content (AvgIpc) is 3.05. The Morgan fingerprint density at radius 2 is 0.875 bits per heavy atom. The van der Waals surface area contributed by atoms with Gasteiger partial charge in [0.05, 0.1) is 6.61 Å². The quantitative estimate of drug-likeness (QED) is 0.0284. The SMILES string of the molecule is CCCCCCCC/C=C/CCCCCCCC(=O)OC(COC(=O)CCCCCCCCCCCCCCCCC)COP(=O)(O)O. The number of rotatable bonds is 37. The molecule has 0 aromatic carbocycles. The van der Waals surface area contributed by atoms with Crippen molar-refractivity contribution in [2.45, 2.75) is 213 Å². The Morgan fingerprint density at radius 1 is 0.521 bits per heavy atom. The highest BCUT2D eigenvalue weighted by Crippen LogP contribution is 2.36. The smallest absolute Gasteiger partial charge is 0.462 e. The molecule has 0 aliphatic heterocycles. The number of allylic oxidation sites excluding steroid dienone is 2. The third-order valence-corrected chi connectivity index (χ3v) is 9.27. The summed E-state index contributed by atoms with van der Waals surface area (Å²) in [5.74, 6) is -0.885. The van der Waals surface area contributed by atoms with Crippen LogP contribution in [0.15, 0.2) is 12.2 Å². The Bertz CT molecular complexity index is 797.